The number of hydrogen-bond acceptors (Lipinski definition) is 5. The van der Waals surface area contributed by atoms with Gasteiger partial charge in [-0.1, -0.05) is 6.07 Å². The summed E-state index contributed by atoms with van der Waals surface area (Å²) < 4.78 is 11.7. The molecule has 30 heavy (non-hydrogen) atoms. The molecule has 2 aromatic carbocycles. The fourth-order valence-corrected chi connectivity index (χ4v) is 3.94. The van der Waals surface area contributed by atoms with Gasteiger partial charge in [0.05, 0.1) is 24.3 Å². The molecule has 4 rings (SSSR count). The largest absolute Gasteiger partial charge is 0.489 e. The standard InChI is InChI=1S/C23H27N3O4/c1-13(2)30-21-6-3-14(9-18(21)24)12-29-15-4-5-19-17(10-15)16-7-8-25-20(11-22(27)28)23(16)26-19/h3-6,9-10,13,20,25-26H,7-8,11-12,24H2,1-2H3,(H,27,28). The molecule has 0 saturated carbocycles. The van der Waals surface area contributed by atoms with Crippen LogP contribution in [-0.4, -0.2) is 28.7 Å². The molecule has 0 bridgehead atoms. The number of aromatic nitrogens is 1. The van der Waals surface area contributed by atoms with E-state index in [9.17, 15) is 9.90 Å². The number of anilines is 1. The zero-order valence-electron chi connectivity index (χ0n) is 17.2. The lowest BCUT2D eigenvalue weighted by molar-refractivity contribution is -0.137. The third-order valence-corrected chi connectivity index (χ3v) is 5.25. The number of carbonyl (C=O) groups is 1. The molecule has 2 heterocycles. The fraction of sp³-hybridized carbons (Fsp3) is 0.348. The Morgan fingerprint density at radius 3 is 2.83 bits per heavy atom. The van der Waals surface area contributed by atoms with Gasteiger partial charge in [0.1, 0.15) is 18.1 Å². The summed E-state index contributed by atoms with van der Waals surface area (Å²) in [5.41, 5.74) is 10.8. The van der Waals surface area contributed by atoms with E-state index in [1.54, 1.807) is 0 Å². The van der Waals surface area contributed by atoms with Crippen molar-refractivity contribution < 1.29 is 19.4 Å². The van der Waals surface area contributed by atoms with E-state index in [-0.39, 0.29) is 18.6 Å². The molecule has 0 aliphatic carbocycles. The summed E-state index contributed by atoms with van der Waals surface area (Å²) in [6.45, 7) is 5.08. The maximum atomic E-state index is 11.2. The number of aromatic amines is 1. The summed E-state index contributed by atoms with van der Waals surface area (Å²) in [4.78, 5) is 14.6. The zero-order chi connectivity index (χ0) is 21.3. The van der Waals surface area contributed by atoms with Crippen LogP contribution >= 0.6 is 0 Å². The smallest absolute Gasteiger partial charge is 0.305 e. The third-order valence-electron chi connectivity index (χ3n) is 5.25. The first-order valence-electron chi connectivity index (χ1n) is 10.2. The molecule has 7 heteroatoms. The Morgan fingerprint density at radius 1 is 1.27 bits per heavy atom. The van der Waals surface area contributed by atoms with Crippen molar-refractivity contribution in [2.24, 2.45) is 0 Å². The first-order valence-corrected chi connectivity index (χ1v) is 10.2. The molecular formula is C23H27N3O4. The van der Waals surface area contributed by atoms with Crippen LogP contribution in [0.1, 0.15) is 43.1 Å². The van der Waals surface area contributed by atoms with Crippen molar-refractivity contribution in [3.8, 4) is 11.5 Å². The van der Waals surface area contributed by atoms with Gasteiger partial charge in [-0.05, 0) is 68.3 Å². The van der Waals surface area contributed by atoms with Crippen LogP contribution in [0, 0.1) is 0 Å². The average molecular weight is 409 g/mol. The van der Waals surface area contributed by atoms with Gasteiger partial charge in [-0.25, -0.2) is 0 Å². The van der Waals surface area contributed by atoms with Crippen LogP contribution in [0.15, 0.2) is 36.4 Å². The molecule has 1 unspecified atom stereocenters. The Morgan fingerprint density at radius 2 is 2.10 bits per heavy atom. The second-order valence-electron chi connectivity index (χ2n) is 7.91. The Labute approximate surface area is 175 Å². The molecule has 1 aliphatic rings. The van der Waals surface area contributed by atoms with Crippen LogP contribution in [0.2, 0.25) is 0 Å². The monoisotopic (exact) mass is 409 g/mol. The summed E-state index contributed by atoms with van der Waals surface area (Å²) in [5.74, 6) is 0.629. The summed E-state index contributed by atoms with van der Waals surface area (Å²) in [6, 6.07) is 11.4. The van der Waals surface area contributed by atoms with E-state index in [0.717, 1.165) is 40.9 Å². The summed E-state index contributed by atoms with van der Waals surface area (Å²) in [7, 11) is 0. The van der Waals surface area contributed by atoms with Gasteiger partial charge in [0.15, 0.2) is 0 Å². The number of nitrogens with two attached hydrogens (primary N) is 1. The highest BCUT2D eigenvalue weighted by Gasteiger charge is 2.25. The number of fused-ring (bicyclic) bond motifs is 3. The van der Waals surface area contributed by atoms with Crippen LogP contribution in [-0.2, 0) is 17.8 Å². The Balaban J connectivity index is 1.52. The molecule has 0 spiro atoms. The maximum absolute atomic E-state index is 11.2. The lowest BCUT2D eigenvalue weighted by atomic mass is 9.97. The summed E-state index contributed by atoms with van der Waals surface area (Å²) in [6.07, 6.45) is 0.975. The van der Waals surface area contributed by atoms with Gasteiger partial charge in [0, 0.05) is 16.6 Å². The molecule has 5 N–H and O–H groups in total. The first-order chi connectivity index (χ1) is 14.4. The minimum absolute atomic E-state index is 0.0567. The quantitative estimate of drug-likeness (QED) is 0.442. The number of aliphatic carboxylic acids is 1. The van der Waals surface area contributed by atoms with Gasteiger partial charge in [0.25, 0.3) is 0 Å². The highest BCUT2D eigenvalue weighted by Crippen LogP contribution is 2.34. The molecule has 0 fully saturated rings. The van der Waals surface area contributed by atoms with Crippen LogP contribution in [0.5, 0.6) is 11.5 Å². The minimum atomic E-state index is -0.813. The number of hydrogen-bond donors (Lipinski definition) is 4. The van der Waals surface area contributed by atoms with E-state index < -0.39 is 5.97 Å². The summed E-state index contributed by atoms with van der Waals surface area (Å²) in [5, 5.41) is 13.5. The number of carboxylic acid groups (broad SMARTS) is 1. The van der Waals surface area contributed by atoms with E-state index in [2.05, 4.69) is 10.3 Å². The Kier molecular flexibility index (Phi) is 5.55. The van der Waals surface area contributed by atoms with Crippen molar-refractivity contribution in [1.82, 2.24) is 10.3 Å². The van der Waals surface area contributed by atoms with Crippen LogP contribution in [0.25, 0.3) is 10.9 Å². The SMILES string of the molecule is CC(C)Oc1ccc(COc2ccc3[nH]c4c(c3c2)CCNC4CC(=O)O)cc1N. The van der Waals surface area contributed by atoms with Gasteiger partial charge in [-0.3, -0.25) is 4.79 Å². The molecule has 3 aromatic rings. The molecule has 0 amide bonds. The van der Waals surface area contributed by atoms with E-state index in [1.807, 2.05) is 50.2 Å². The lowest BCUT2D eigenvalue weighted by Gasteiger charge is -2.22. The van der Waals surface area contributed by atoms with Crippen LogP contribution in [0.3, 0.4) is 0 Å². The highest BCUT2D eigenvalue weighted by molar-refractivity contribution is 5.87. The number of H-pyrrole nitrogens is 1. The zero-order valence-corrected chi connectivity index (χ0v) is 17.2. The van der Waals surface area contributed by atoms with E-state index in [4.69, 9.17) is 15.2 Å². The number of ether oxygens (including phenoxy) is 2. The van der Waals surface area contributed by atoms with Crippen molar-refractivity contribution in [3.63, 3.8) is 0 Å². The van der Waals surface area contributed by atoms with Crippen LogP contribution in [0.4, 0.5) is 5.69 Å². The average Bonchev–Trinajstić information content (AvgIpc) is 3.07. The van der Waals surface area contributed by atoms with Crippen molar-refractivity contribution in [3.05, 3.63) is 53.2 Å². The first kappa shape index (κ1) is 20.1. The normalized spacial score (nSPS) is 15.9. The number of nitrogen functional groups attached to an aromatic ring is 1. The molecule has 0 radical (unpaired) electrons. The molecule has 1 aliphatic heterocycles. The summed E-state index contributed by atoms with van der Waals surface area (Å²) >= 11 is 0. The van der Waals surface area contributed by atoms with Crippen molar-refractivity contribution >= 4 is 22.6 Å². The van der Waals surface area contributed by atoms with Crippen molar-refractivity contribution in [1.29, 1.82) is 0 Å². The maximum Gasteiger partial charge on any atom is 0.305 e. The number of carboxylic acids is 1. The second-order valence-corrected chi connectivity index (χ2v) is 7.91. The van der Waals surface area contributed by atoms with E-state index in [0.29, 0.717) is 18.0 Å². The number of nitrogens with one attached hydrogen (secondary N) is 2. The van der Waals surface area contributed by atoms with Gasteiger partial charge in [0.2, 0.25) is 0 Å². The second kappa shape index (κ2) is 8.28. The molecule has 7 nitrogen and oxygen atoms in total. The van der Waals surface area contributed by atoms with Gasteiger partial charge in [-0.15, -0.1) is 0 Å². The molecular weight excluding hydrogens is 382 g/mol. The van der Waals surface area contributed by atoms with Gasteiger partial charge >= 0.3 is 5.97 Å². The van der Waals surface area contributed by atoms with Crippen molar-refractivity contribution in [2.45, 2.75) is 45.4 Å². The van der Waals surface area contributed by atoms with E-state index in [1.165, 1.54) is 5.56 Å². The number of rotatable bonds is 7. The predicted octanol–water partition coefficient (Wildman–Crippen LogP) is 3.78. The molecule has 1 atom stereocenters. The third kappa shape index (κ3) is 4.21. The van der Waals surface area contributed by atoms with Crippen LogP contribution < -0.4 is 20.5 Å². The Bertz CT molecular complexity index is 1070. The fourth-order valence-electron chi connectivity index (χ4n) is 3.94. The topological polar surface area (TPSA) is 110 Å². The molecule has 0 saturated heterocycles. The number of benzene rings is 2. The van der Waals surface area contributed by atoms with Crippen molar-refractivity contribution in [2.75, 3.05) is 12.3 Å². The molecule has 158 valence electrons. The van der Waals surface area contributed by atoms with E-state index >= 15 is 0 Å². The van der Waals surface area contributed by atoms with Gasteiger partial charge in [-0.2, -0.15) is 0 Å². The Hall–Kier alpha value is -3.19. The predicted molar refractivity (Wildman–Crippen MR) is 116 cm³/mol. The van der Waals surface area contributed by atoms with Gasteiger partial charge < -0.3 is 30.6 Å². The lowest BCUT2D eigenvalue weighted by Crippen LogP contribution is -2.31. The molecule has 1 aromatic heterocycles. The minimum Gasteiger partial charge on any atom is -0.489 e. The highest BCUT2D eigenvalue weighted by atomic mass is 16.5.